The second-order valence-electron chi connectivity index (χ2n) is 8.15. The van der Waals surface area contributed by atoms with E-state index in [1.807, 2.05) is 31.3 Å². The van der Waals surface area contributed by atoms with Gasteiger partial charge in [-0.2, -0.15) is 0 Å². The van der Waals surface area contributed by atoms with E-state index in [0.29, 0.717) is 6.54 Å². The summed E-state index contributed by atoms with van der Waals surface area (Å²) >= 11 is 1.65. The number of carbonyl (C=O) groups is 1. The lowest BCUT2D eigenvalue weighted by atomic mass is 10.1. The number of hydrogen-bond acceptors (Lipinski definition) is 7. The zero-order valence-corrected chi connectivity index (χ0v) is 21.8. The van der Waals surface area contributed by atoms with Crippen LogP contribution in [0.1, 0.15) is 28.6 Å². The fraction of sp³-hybridized carbons (Fsp3) is 0.214. The lowest BCUT2D eigenvalue weighted by Gasteiger charge is -2.15. The van der Waals surface area contributed by atoms with Crippen molar-refractivity contribution in [3.8, 4) is 0 Å². The summed E-state index contributed by atoms with van der Waals surface area (Å²) in [6, 6.07) is 26.8. The minimum atomic E-state index is -1.08. The van der Waals surface area contributed by atoms with Gasteiger partial charge in [0.05, 0.1) is 28.4 Å². The standard InChI is InChI=1S/C26H27N5S.C2H4O2/c1-19-20(2)32-26(31(19)3)30-29-24-16-10-15-23(27-17-21-11-6-4-7-12-21)25(24)28-18-22-13-8-5-9-14-22;1-2(3)4/h4-16H,17-18H2,1-3H3,(H,27,29);1H3,(H,3,4). The van der Waals surface area contributed by atoms with Gasteiger partial charge in [0.15, 0.2) is 0 Å². The van der Waals surface area contributed by atoms with E-state index in [1.54, 1.807) is 11.3 Å². The third-order valence-corrected chi connectivity index (χ3v) is 6.61. The molecule has 4 aromatic rings. The Balaban J connectivity index is 0.000000840. The van der Waals surface area contributed by atoms with Crippen LogP contribution in [-0.2, 0) is 24.9 Å². The minimum absolute atomic E-state index is 0.707. The molecule has 1 aromatic heterocycles. The zero-order valence-electron chi connectivity index (χ0n) is 21.0. The highest BCUT2D eigenvalue weighted by Gasteiger charge is 2.17. The molecule has 0 aliphatic rings. The van der Waals surface area contributed by atoms with Crippen molar-refractivity contribution in [2.75, 3.05) is 10.6 Å². The van der Waals surface area contributed by atoms with Crippen LogP contribution in [0.3, 0.4) is 0 Å². The highest BCUT2D eigenvalue weighted by atomic mass is 32.1. The smallest absolute Gasteiger partial charge is 0.408 e. The summed E-state index contributed by atoms with van der Waals surface area (Å²) in [4.78, 5) is 10.1. The average molecular weight is 502 g/mol. The Morgan fingerprint density at radius 1 is 0.861 bits per heavy atom. The lowest BCUT2D eigenvalue weighted by Crippen LogP contribution is -2.28. The van der Waals surface area contributed by atoms with Crippen LogP contribution >= 0.6 is 11.3 Å². The fourth-order valence-electron chi connectivity index (χ4n) is 3.38. The predicted molar refractivity (Wildman–Crippen MR) is 144 cm³/mol. The van der Waals surface area contributed by atoms with E-state index in [1.165, 1.54) is 21.7 Å². The van der Waals surface area contributed by atoms with Crippen molar-refractivity contribution < 1.29 is 14.5 Å². The van der Waals surface area contributed by atoms with E-state index < -0.39 is 5.97 Å². The van der Waals surface area contributed by atoms with Gasteiger partial charge in [-0.1, -0.05) is 66.7 Å². The van der Waals surface area contributed by atoms with Crippen LogP contribution in [0.15, 0.2) is 89.1 Å². The summed E-state index contributed by atoms with van der Waals surface area (Å²) in [6.45, 7) is 6.63. The first-order chi connectivity index (χ1) is 17.3. The number of para-hydroxylation sites is 1. The quantitative estimate of drug-likeness (QED) is 0.243. The zero-order chi connectivity index (χ0) is 25.9. The molecular formula is C28H31N5O2S. The second-order valence-corrected chi connectivity index (χ2v) is 9.34. The van der Waals surface area contributed by atoms with Gasteiger partial charge >= 0.3 is 5.13 Å². The normalized spacial score (nSPS) is 10.6. The second kappa shape index (κ2) is 13.2. The number of carboxylic acids is 1. The molecule has 0 saturated carbocycles. The van der Waals surface area contributed by atoms with Crippen molar-refractivity contribution in [2.45, 2.75) is 33.9 Å². The number of nitrogens with zero attached hydrogens (tertiary/aromatic N) is 3. The molecule has 1 heterocycles. The molecule has 0 unspecified atom stereocenters. The van der Waals surface area contributed by atoms with Crippen molar-refractivity contribution >= 4 is 39.5 Å². The molecule has 36 heavy (non-hydrogen) atoms. The molecule has 0 saturated heterocycles. The van der Waals surface area contributed by atoms with Crippen LogP contribution in [0.2, 0.25) is 0 Å². The molecule has 0 bridgehead atoms. The molecule has 0 fully saturated rings. The van der Waals surface area contributed by atoms with Crippen LogP contribution in [0, 0.1) is 13.8 Å². The van der Waals surface area contributed by atoms with Crippen LogP contribution < -0.4 is 20.3 Å². The molecular weight excluding hydrogens is 470 g/mol. The van der Waals surface area contributed by atoms with Crippen molar-refractivity contribution in [3.05, 3.63) is 101 Å². The first-order valence-electron chi connectivity index (χ1n) is 11.6. The number of hydrogen-bond donors (Lipinski definition) is 2. The Hall–Kier alpha value is -4.04. The summed E-state index contributed by atoms with van der Waals surface area (Å²) in [5.41, 5.74) is 6.41. The molecule has 0 aliphatic carbocycles. The van der Waals surface area contributed by atoms with E-state index >= 15 is 0 Å². The number of thiazole rings is 1. The van der Waals surface area contributed by atoms with Gasteiger partial charge < -0.3 is 20.5 Å². The van der Waals surface area contributed by atoms with Crippen molar-refractivity contribution in [3.63, 3.8) is 0 Å². The molecule has 3 aromatic carbocycles. The summed E-state index contributed by atoms with van der Waals surface area (Å²) in [5.74, 6) is -1.08. The number of carboxylic acid groups (broad SMARTS) is 1. The summed E-state index contributed by atoms with van der Waals surface area (Å²) in [5, 5.41) is 26.1. The van der Waals surface area contributed by atoms with Crippen LogP contribution in [0.25, 0.3) is 0 Å². The van der Waals surface area contributed by atoms with Crippen molar-refractivity contribution in [1.82, 2.24) is 0 Å². The maximum absolute atomic E-state index is 8.89. The van der Waals surface area contributed by atoms with Gasteiger partial charge in [-0.05, 0) is 60.5 Å². The maximum atomic E-state index is 8.89. The van der Waals surface area contributed by atoms with Crippen molar-refractivity contribution in [1.29, 1.82) is 0 Å². The van der Waals surface area contributed by atoms with E-state index in [2.05, 4.69) is 93.9 Å². The van der Waals surface area contributed by atoms with Gasteiger partial charge in [0, 0.05) is 19.1 Å². The number of aliphatic carboxylic acids is 1. The predicted octanol–water partition coefficient (Wildman–Crippen LogP) is 5.59. The number of anilines is 2. The van der Waals surface area contributed by atoms with Gasteiger partial charge in [-0.25, -0.2) is 4.57 Å². The molecule has 0 aliphatic heterocycles. The number of aromatic nitrogens is 1. The first kappa shape index (κ1) is 26.6. The highest BCUT2D eigenvalue weighted by molar-refractivity contribution is 7.14. The molecule has 0 spiro atoms. The average Bonchev–Trinajstić information content (AvgIpc) is 3.12. The monoisotopic (exact) mass is 501 g/mol. The molecule has 0 atom stereocenters. The van der Waals surface area contributed by atoms with Crippen LogP contribution in [-0.4, -0.2) is 5.97 Å². The van der Waals surface area contributed by atoms with E-state index in [9.17, 15) is 0 Å². The number of aryl methyl sites for hydroxylation is 1. The van der Waals surface area contributed by atoms with Crippen LogP contribution in [0.4, 0.5) is 22.2 Å². The van der Waals surface area contributed by atoms with E-state index in [0.717, 1.165) is 35.7 Å². The molecule has 0 radical (unpaired) electrons. The lowest BCUT2D eigenvalue weighted by molar-refractivity contribution is -0.660. The topological polar surface area (TPSA) is 92.8 Å². The summed E-state index contributed by atoms with van der Waals surface area (Å²) in [7, 11) is 2.03. The Morgan fingerprint density at radius 2 is 1.42 bits per heavy atom. The molecule has 7 nitrogen and oxygen atoms in total. The van der Waals surface area contributed by atoms with Gasteiger partial charge in [-0.3, -0.25) is 0 Å². The number of rotatable bonds is 8. The van der Waals surface area contributed by atoms with Crippen molar-refractivity contribution in [2.24, 2.45) is 17.3 Å². The fourth-order valence-corrected chi connectivity index (χ4v) is 4.29. The Kier molecular flexibility index (Phi) is 9.71. The van der Waals surface area contributed by atoms with Gasteiger partial charge in [0.25, 0.3) is 0 Å². The first-order valence-corrected chi connectivity index (χ1v) is 12.4. The molecule has 186 valence electrons. The van der Waals surface area contributed by atoms with Gasteiger partial charge in [0.2, 0.25) is 0 Å². The maximum Gasteiger partial charge on any atom is 0.408 e. The van der Waals surface area contributed by atoms with E-state index in [4.69, 9.17) is 9.90 Å². The minimum Gasteiger partial charge on any atom is -0.550 e. The third-order valence-electron chi connectivity index (χ3n) is 5.47. The largest absolute Gasteiger partial charge is 0.550 e. The highest BCUT2D eigenvalue weighted by Crippen LogP contribution is 2.35. The number of nitrogens with one attached hydrogen (secondary N) is 2. The Morgan fingerprint density at radius 3 is 1.94 bits per heavy atom. The SMILES string of the molecule is CC(=O)[O-].Cc1sc(N=Nc2cccc(NCc3ccccc3)c2NCc2ccccc2)[n+](C)c1C. The molecule has 8 heteroatoms. The molecule has 0 amide bonds. The Bertz CT molecular complexity index is 1300. The number of carbonyl (C=O) groups excluding carboxylic acids is 1. The van der Waals surface area contributed by atoms with E-state index in [-0.39, 0.29) is 0 Å². The number of azo groups is 1. The summed E-state index contributed by atoms with van der Waals surface area (Å²) in [6.07, 6.45) is 0. The van der Waals surface area contributed by atoms with Gasteiger partial charge in [-0.15, -0.1) is 0 Å². The Labute approximate surface area is 216 Å². The van der Waals surface area contributed by atoms with Gasteiger partial charge in [0.1, 0.15) is 11.4 Å². The number of benzene rings is 3. The third kappa shape index (κ3) is 7.74. The van der Waals surface area contributed by atoms with Crippen LogP contribution in [0.5, 0.6) is 0 Å². The molecule has 2 N–H and O–H groups in total. The molecule has 4 rings (SSSR count). The summed E-state index contributed by atoms with van der Waals surface area (Å²) < 4.78 is 2.08.